The first kappa shape index (κ1) is 20.4. The molecule has 2 heterocycles. The van der Waals surface area contributed by atoms with E-state index in [1.165, 1.54) is 24.1 Å². The van der Waals surface area contributed by atoms with E-state index in [0.717, 1.165) is 0 Å². The summed E-state index contributed by atoms with van der Waals surface area (Å²) in [5.74, 6) is -0.282. The predicted octanol–water partition coefficient (Wildman–Crippen LogP) is 2.18. The van der Waals surface area contributed by atoms with Crippen molar-refractivity contribution in [3.05, 3.63) is 66.6 Å². The van der Waals surface area contributed by atoms with Gasteiger partial charge in [0.1, 0.15) is 34.8 Å². The maximum absolute atomic E-state index is 12.1. The Morgan fingerprint density at radius 1 is 1.37 bits per heavy atom. The van der Waals surface area contributed by atoms with Crippen LogP contribution in [0.15, 0.2) is 29.2 Å². The second kappa shape index (κ2) is 7.95. The lowest BCUT2D eigenvalue weighted by Gasteiger charge is -2.12. The molecule has 12 heteroatoms. The SMILES string of the molecule is COc1cc(-c2c(C#N)c(N)[nH]c(=O)c2C#N)ccc1Cn1cc(Cl)c([N+](=O)[O-])n1. The molecule has 0 saturated heterocycles. The Balaban J connectivity index is 2.12. The monoisotopic (exact) mass is 425 g/mol. The number of ether oxygens (including phenoxy) is 1. The fraction of sp³-hybridized carbons (Fsp3) is 0.111. The van der Waals surface area contributed by atoms with Gasteiger partial charge in [-0.05, 0) is 16.6 Å². The highest BCUT2D eigenvalue weighted by atomic mass is 35.5. The molecule has 3 aromatic rings. The molecule has 3 N–H and O–H groups in total. The lowest BCUT2D eigenvalue weighted by atomic mass is 9.95. The summed E-state index contributed by atoms with van der Waals surface area (Å²) in [4.78, 5) is 24.6. The quantitative estimate of drug-likeness (QED) is 0.461. The van der Waals surface area contributed by atoms with Crippen molar-refractivity contribution in [3.8, 4) is 29.0 Å². The van der Waals surface area contributed by atoms with Gasteiger partial charge in [-0.15, -0.1) is 0 Å². The van der Waals surface area contributed by atoms with Crippen molar-refractivity contribution in [2.75, 3.05) is 12.8 Å². The van der Waals surface area contributed by atoms with Gasteiger partial charge >= 0.3 is 5.82 Å². The van der Waals surface area contributed by atoms with Crippen LogP contribution in [0, 0.1) is 32.8 Å². The number of nitro groups is 1. The first-order valence-corrected chi connectivity index (χ1v) is 8.59. The van der Waals surface area contributed by atoms with Crippen LogP contribution in [0.2, 0.25) is 5.02 Å². The van der Waals surface area contributed by atoms with Crippen LogP contribution in [0.1, 0.15) is 16.7 Å². The Morgan fingerprint density at radius 3 is 2.63 bits per heavy atom. The molecule has 0 aliphatic carbocycles. The van der Waals surface area contributed by atoms with Crippen molar-refractivity contribution in [2.45, 2.75) is 6.54 Å². The minimum absolute atomic E-state index is 0.0459. The zero-order valence-electron chi connectivity index (χ0n) is 15.3. The van der Waals surface area contributed by atoms with Crippen molar-refractivity contribution >= 4 is 23.2 Å². The van der Waals surface area contributed by atoms with E-state index in [2.05, 4.69) is 10.1 Å². The smallest absolute Gasteiger partial charge is 0.408 e. The van der Waals surface area contributed by atoms with Gasteiger partial charge in [-0.25, -0.2) is 0 Å². The zero-order chi connectivity index (χ0) is 22.0. The van der Waals surface area contributed by atoms with E-state index in [1.54, 1.807) is 18.2 Å². The number of nitrogens with one attached hydrogen (secondary N) is 1. The summed E-state index contributed by atoms with van der Waals surface area (Å²) in [6.07, 6.45) is 1.31. The molecule has 0 aliphatic heterocycles. The van der Waals surface area contributed by atoms with Crippen LogP contribution in [0.4, 0.5) is 11.6 Å². The van der Waals surface area contributed by atoms with Gasteiger partial charge in [-0.2, -0.15) is 15.2 Å². The molecule has 1 aromatic carbocycles. The van der Waals surface area contributed by atoms with Crippen molar-refractivity contribution in [1.29, 1.82) is 10.5 Å². The molecule has 0 amide bonds. The number of aromatic amines is 1. The predicted molar refractivity (Wildman–Crippen MR) is 106 cm³/mol. The van der Waals surface area contributed by atoms with E-state index < -0.39 is 16.3 Å². The molecule has 0 aliphatic rings. The Hall–Kier alpha value is -4.35. The topological polar surface area (TPSA) is 177 Å². The summed E-state index contributed by atoms with van der Waals surface area (Å²) in [6, 6.07) is 8.42. The molecule has 0 fully saturated rings. The zero-order valence-corrected chi connectivity index (χ0v) is 16.1. The van der Waals surface area contributed by atoms with Crippen LogP contribution < -0.4 is 16.0 Å². The standard InChI is InChI=1S/C18H12ClN7O4/c1-30-14-4-9(15-11(5-20)16(22)23-18(27)12(15)6-21)2-3-10(14)7-25-8-13(19)17(24-25)26(28)29/h2-4,8H,7H2,1H3,(H3,22,23,27). The number of hydrogen-bond donors (Lipinski definition) is 2. The Labute approximate surface area is 173 Å². The van der Waals surface area contributed by atoms with E-state index in [0.29, 0.717) is 16.9 Å². The van der Waals surface area contributed by atoms with E-state index in [9.17, 15) is 25.4 Å². The van der Waals surface area contributed by atoms with Gasteiger partial charge in [0, 0.05) is 11.1 Å². The number of benzene rings is 1. The third kappa shape index (κ3) is 3.53. The van der Waals surface area contributed by atoms with Crippen LogP contribution in [0.25, 0.3) is 11.1 Å². The molecule has 0 saturated carbocycles. The fourth-order valence-corrected chi connectivity index (χ4v) is 3.15. The van der Waals surface area contributed by atoms with Gasteiger partial charge in [0.2, 0.25) is 0 Å². The molecule has 0 radical (unpaired) electrons. The number of nitrogen functional groups attached to an aromatic ring is 1. The average Bonchev–Trinajstić information content (AvgIpc) is 3.08. The van der Waals surface area contributed by atoms with Gasteiger partial charge in [-0.1, -0.05) is 23.7 Å². The van der Waals surface area contributed by atoms with Gasteiger partial charge in [-0.3, -0.25) is 4.79 Å². The molecule has 3 rings (SSSR count). The Bertz CT molecular complexity index is 1310. The molecular formula is C18H12ClN7O4. The van der Waals surface area contributed by atoms with Gasteiger partial charge in [0.15, 0.2) is 5.02 Å². The van der Waals surface area contributed by atoms with Crippen molar-refractivity contribution in [1.82, 2.24) is 14.8 Å². The number of anilines is 1. The van der Waals surface area contributed by atoms with Crippen molar-refractivity contribution in [3.63, 3.8) is 0 Å². The highest BCUT2D eigenvalue weighted by Crippen LogP contribution is 2.33. The largest absolute Gasteiger partial charge is 0.496 e. The van der Waals surface area contributed by atoms with E-state index in [-0.39, 0.29) is 34.1 Å². The molecular weight excluding hydrogens is 414 g/mol. The summed E-state index contributed by atoms with van der Waals surface area (Å²) >= 11 is 5.82. The number of hydrogen-bond acceptors (Lipinski definition) is 8. The highest BCUT2D eigenvalue weighted by Gasteiger charge is 2.22. The second-order valence-corrected chi connectivity index (χ2v) is 6.41. The van der Waals surface area contributed by atoms with Gasteiger partial charge in [0.25, 0.3) is 5.56 Å². The number of aromatic nitrogens is 3. The number of pyridine rings is 1. The summed E-state index contributed by atoms with van der Waals surface area (Å²) in [5, 5.41) is 33.5. The molecule has 2 aromatic heterocycles. The first-order chi connectivity index (χ1) is 14.3. The molecule has 30 heavy (non-hydrogen) atoms. The lowest BCUT2D eigenvalue weighted by molar-refractivity contribution is -0.389. The molecule has 150 valence electrons. The molecule has 0 atom stereocenters. The van der Waals surface area contributed by atoms with E-state index in [4.69, 9.17) is 22.1 Å². The summed E-state index contributed by atoms with van der Waals surface area (Å²) in [5.41, 5.74) is 5.76. The second-order valence-electron chi connectivity index (χ2n) is 6.00. The molecule has 11 nitrogen and oxygen atoms in total. The van der Waals surface area contributed by atoms with Gasteiger partial charge in [0.05, 0.1) is 25.0 Å². The summed E-state index contributed by atoms with van der Waals surface area (Å²) in [7, 11) is 1.41. The fourth-order valence-electron chi connectivity index (χ4n) is 2.93. The van der Waals surface area contributed by atoms with Crippen LogP contribution in [0.3, 0.4) is 0 Å². The molecule has 0 unspecified atom stereocenters. The van der Waals surface area contributed by atoms with Crippen molar-refractivity contribution < 1.29 is 9.66 Å². The van der Waals surface area contributed by atoms with Crippen LogP contribution in [-0.4, -0.2) is 26.8 Å². The normalized spacial score (nSPS) is 10.3. The van der Waals surface area contributed by atoms with E-state index >= 15 is 0 Å². The van der Waals surface area contributed by atoms with E-state index in [1.807, 2.05) is 6.07 Å². The molecule has 0 spiro atoms. The third-order valence-corrected chi connectivity index (χ3v) is 4.52. The summed E-state index contributed by atoms with van der Waals surface area (Å²) in [6.45, 7) is 0.102. The number of methoxy groups -OCH3 is 1. The first-order valence-electron chi connectivity index (χ1n) is 8.21. The lowest BCUT2D eigenvalue weighted by Crippen LogP contribution is -2.16. The minimum atomic E-state index is -0.717. The Kier molecular flexibility index (Phi) is 5.40. The van der Waals surface area contributed by atoms with Crippen LogP contribution in [0.5, 0.6) is 5.75 Å². The number of nitrogens with zero attached hydrogens (tertiary/aromatic N) is 5. The number of nitrogens with two attached hydrogens (primary N) is 1. The maximum atomic E-state index is 12.1. The van der Waals surface area contributed by atoms with Gasteiger partial charge < -0.3 is 25.6 Å². The number of halogens is 1. The maximum Gasteiger partial charge on any atom is 0.408 e. The number of nitriles is 2. The average molecular weight is 426 g/mol. The third-order valence-electron chi connectivity index (χ3n) is 4.25. The number of H-pyrrole nitrogens is 1. The minimum Gasteiger partial charge on any atom is -0.496 e. The molecule has 0 bridgehead atoms. The van der Waals surface area contributed by atoms with Crippen LogP contribution in [-0.2, 0) is 6.54 Å². The van der Waals surface area contributed by atoms with Crippen LogP contribution >= 0.6 is 11.6 Å². The summed E-state index contributed by atoms with van der Waals surface area (Å²) < 4.78 is 6.66. The Morgan fingerprint density at radius 2 is 2.07 bits per heavy atom. The van der Waals surface area contributed by atoms with Crippen molar-refractivity contribution in [2.24, 2.45) is 0 Å². The number of rotatable bonds is 5. The highest BCUT2D eigenvalue weighted by molar-refractivity contribution is 6.32.